The molecule has 0 aromatic carbocycles. The van der Waals surface area contributed by atoms with Crippen LogP contribution in [0.25, 0.3) is 0 Å². The van der Waals surface area contributed by atoms with Gasteiger partial charge in [0.05, 0.1) is 27.7 Å². The van der Waals surface area contributed by atoms with Crippen LogP contribution in [0, 0.1) is 0 Å². The second-order valence-electron chi connectivity index (χ2n) is 15.4. The topological polar surface area (TPSA) is 108 Å². The molecule has 0 saturated heterocycles. The molecular formula is C46H81NO8P+. The summed E-state index contributed by atoms with van der Waals surface area (Å²) in [6.45, 7) is 5.74. The molecule has 0 aliphatic carbocycles. The second-order valence-corrected chi connectivity index (χ2v) is 16.9. The first kappa shape index (κ1) is 53.5. The van der Waals surface area contributed by atoms with Crippen molar-refractivity contribution >= 4 is 19.8 Å². The number of unbranched alkanes of at least 4 members (excludes halogenated alkanes) is 14. The number of likely N-dealkylation sites (N-methyl/N-ethyl adjacent to an activating group) is 1. The van der Waals surface area contributed by atoms with E-state index in [1.54, 1.807) is 0 Å². The van der Waals surface area contributed by atoms with Crippen molar-refractivity contribution in [3.05, 3.63) is 73.4 Å². The molecule has 0 aromatic heterocycles. The van der Waals surface area contributed by atoms with Gasteiger partial charge in [-0.1, -0.05) is 144 Å². The molecule has 0 aliphatic heterocycles. The monoisotopic (exact) mass is 807 g/mol. The molecule has 0 amide bonds. The normalized spacial score (nSPS) is 14.1. The van der Waals surface area contributed by atoms with Gasteiger partial charge in [0.2, 0.25) is 0 Å². The molecule has 0 heterocycles. The number of hydrogen-bond donors (Lipinski definition) is 1. The number of rotatable bonds is 39. The zero-order valence-electron chi connectivity index (χ0n) is 35.9. The van der Waals surface area contributed by atoms with Gasteiger partial charge < -0.3 is 18.9 Å². The van der Waals surface area contributed by atoms with E-state index in [0.717, 1.165) is 57.8 Å². The summed E-state index contributed by atoms with van der Waals surface area (Å²) in [7, 11) is 1.43. The Morgan fingerprint density at radius 1 is 0.607 bits per heavy atom. The van der Waals surface area contributed by atoms with Crippen LogP contribution in [-0.2, 0) is 32.7 Å². The quantitative estimate of drug-likeness (QED) is 0.0215. The molecule has 322 valence electrons. The van der Waals surface area contributed by atoms with Crippen molar-refractivity contribution in [3.63, 3.8) is 0 Å². The van der Waals surface area contributed by atoms with E-state index in [0.29, 0.717) is 23.9 Å². The number of ether oxygens (including phenoxy) is 2. The zero-order valence-corrected chi connectivity index (χ0v) is 36.8. The van der Waals surface area contributed by atoms with Crippen LogP contribution in [-0.4, -0.2) is 74.9 Å². The van der Waals surface area contributed by atoms with Crippen LogP contribution < -0.4 is 0 Å². The first-order chi connectivity index (χ1) is 27.0. The van der Waals surface area contributed by atoms with Crippen molar-refractivity contribution in [3.8, 4) is 0 Å². The third kappa shape index (κ3) is 41.1. The number of phosphoric ester groups is 1. The number of esters is 2. The highest BCUT2D eigenvalue weighted by molar-refractivity contribution is 7.47. The Morgan fingerprint density at radius 3 is 1.57 bits per heavy atom. The van der Waals surface area contributed by atoms with Crippen molar-refractivity contribution in [2.45, 2.75) is 161 Å². The Labute approximate surface area is 342 Å². The van der Waals surface area contributed by atoms with Gasteiger partial charge in [0.25, 0.3) is 0 Å². The molecule has 1 N–H and O–H groups in total. The Bertz CT molecular complexity index is 1170. The lowest BCUT2D eigenvalue weighted by atomic mass is 10.0. The summed E-state index contributed by atoms with van der Waals surface area (Å²) >= 11 is 0. The number of quaternary nitrogens is 1. The number of nitrogens with zero attached hydrogens (tertiary/aromatic N) is 1. The fourth-order valence-electron chi connectivity index (χ4n) is 5.50. The average Bonchev–Trinajstić information content (AvgIpc) is 3.15. The molecule has 10 heteroatoms. The molecule has 0 aliphatic rings. The summed E-state index contributed by atoms with van der Waals surface area (Å²) in [4.78, 5) is 35.3. The van der Waals surface area contributed by atoms with Crippen molar-refractivity contribution < 1.29 is 42.1 Å². The summed E-state index contributed by atoms with van der Waals surface area (Å²) in [6, 6.07) is 0. The molecule has 1 unspecified atom stereocenters. The summed E-state index contributed by atoms with van der Waals surface area (Å²) in [6.07, 6.45) is 45.6. The minimum Gasteiger partial charge on any atom is -0.462 e. The van der Waals surface area contributed by atoms with E-state index in [1.165, 1.54) is 64.2 Å². The highest BCUT2D eigenvalue weighted by atomic mass is 31.2. The molecule has 56 heavy (non-hydrogen) atoms. The first-order valence-corrected chi connectivity index (χ1v) is 23.1. The van der Waals surface area contributed by atoms with Crippen LogP contribution in [0.15, 0.2) is 73.4 Å². The lowest BCUT2D eigenvalue weighted by Crippen LogP contribution is -2.37. The van der Waals surface area contributed by atoms with E-state index >= 15 is 0 Å². The van der Waals surface area contributed by atoms with Gasteiger partial charge in [-0.25, -0.2) is 4.57 Å². The number of phosphoric acid groups is 1. The number of hydrogen-bond acceptors (Lipinski definition) is 7. The van der Waals surface area contributed by atoms with E-state index in [-0.39, 0.29) is 32.0 Å². The predicted molar refractivity (Wildman–Crippen MR) is 233 cm³/mol. The number of allylic oxidation sites excluding steroid dienone is 11. The summed E-state index contributed by atoms with van der Waals surface area (Å²) in [5.74, 6) is -0.875. The third-order valence-corrected chi connectivity index (χ3v) is 9.85. The van der Waals surface area contributed by atoms with Crippen LogP contribution in [0.3, 0.4) is 0 Å². The fraction of sp³-hybridized carbons (Fsp3) is 0.696. The summed E-state index contributed by atoms with van der Waals surface area (Å²) < 4.78 is 34.2. The van der Waals surface area contributed by atoms with Crippen LogP contribution in [0.5, 0.6) is 0 Å². The first-order valence-electron chi connectivity index (χ1n) is 21.6. The van der Waals surface area contributed by atoms with E-state index in [4.69, 9.17) is 18.5 Å². The van der Waals surface area contributed by atoms with Gasteiger partial charge in [0.15, 0.2) is 6.10 Å². The average molecular weight is 807 g/mol. The molecular weight excluding hydrogens is 725 g/mol. The lowest BCUT2D eigenvalue weighted by Gasteiger charge is -2.24. The highest BCUT2D eigenvalue weighted by Gasteiger charge is 2.27. The number of carbonyl (C=O) groups is 2. The Morgan fingerprint density at radius 2 is 1.07 bits per heavy atom. The minimum absolute atomic E-state index is 0.0173. The Hall–Kier alpha value is -2.55. The lowest BCUT2D eigenvalue weighted by molar-refractivity contribution is -0.870. The maximum absolute atomic E-state index is 12.7. The van der Waals surface area contributed by atoms with Gasteiger partial charge in [0.1, 0.15) is 19.8 Å². The van der Waals surface area contributed by atoms with Crippen LogP contribution >= 0.6 is 7.82 Å². The standard InChI is InChI=1S/C46H80NO8P/c1-6-8-10-12-14-16-18-20-22-23-25-27-29-31-33-35-37-39-46(49)55-44(43-54-56(50,51)53-41-40-47(3,4)5)42-52-45(48)38-36-34-32-30-28-26-24-21-19-17-15-13-11-9-7-2/h7-8,10,14,16,20,22,25,27,31,33,44H,2,6,9,11-13,15,17-19,21,23-24,26,28-30,32,34-43H2,1,3-5H3/p+1/b10-8+,16-14+,22-20+,27-25+,33-31+/t44-/m1/s1. The third-order valence-electron chi connectivity index (χ3n) is 8.87. The molecule has 0 bridgehead atoms. The molecule has 0 fully saturated rings. The van der Waals surface area contributed by atoms with Gasteiger partial charge in [-0.05, 0) is 64.2 Å². The van der Waals surface area contributed by atoms with Crippen molar-refractivity contribution in [1.82, 2.24) is 0 Å². The van der Waals surface area contributed by atoms with Crippen molar-refractivity contribution in [2.24, 2.45) is 0 Å². The Kier molecular flexibility index (Phi) is 36.3. The Balaban J connectivity index is 4.46. The van der Waals surface area contributed by atoms with Crippen molar-refractivity contribution in [2.75, 3.05) is 47.5 Å². The molecule has 2 atom stereocenters. The molecule has 9 nitrogen and oxygen atoms in total. The van der Waals surface area contributed by atoms with E-state index in [9.17, 15) is 19.0 Å². The van der Waals surface area contributed by atoms with Gasteiger partial charge >= 0.3 is 19.8 Å². The number of carbonyl (C=O) groups excluding carboxylic acids is 2. The fourth-order valence-corrected chi connectivity index (χ4v) is 6.24. The van der Waals surface area contributed by atoms with Crippen LogP contribution in [0.1, 0.15) is 155 Å². The van der Waals surface area contributed by atoms with Gasteiger partial charge in [-0.3, -0.25) is 18.6 Å². The molecule has 0 spiro atoms. The molecule has 0 saturated carbocycles. The van der Waals surface area contributed by atoms with Gasteiger partial charge in [-0.2, -0.15) is 0 Å². The van der Waals surface area contributed by atoms with E-state index in [1.807, 2.05) is 33.3 Å². The predicted octanol–water partition coefficient (Wildman–Crippen LogP) is 12.2. The maximum atomic E-state index is 12.7. The smallest absolute Gasteiger partial charge is 0.462 e. The van der Waals surface area contributed by atoms with Crippen LogP contribution in [0.2, 0.25) is 0 Å². The highest BCUT2D eigenvalue weighted by Crippen LogP contribution is 2.43. The van der Waals surface area contributed by atoms with Crippen LogP contribution in [0.4, 0.5) is 0 Å². The minimum atomic E-state index is -4.39. The van der Waals surface area contributed by atoms with Gasteiger partial charge in [0, 0.05) is 12.8 Å². The SMILES string of the molecule is C=CCCCCCCCCCCCCCCCC(=O)OC[C@H](COP(=O)(O)OCC[N+](C)(C)C)OC(=O)CCC/C=C/C/C=C/C/C=C/C/C=C/C/C=C/CC. The molecule has 0 aromatic rings. The molecule has 0 rings (SSSR count). The van der Waals surface area contributed by atoms with E-state index < -0.39 is 26.5 Å². The molecule has 0 radical (unpaired) electrons. The summed E-state index contributed by atoms with van der Waals surface area (Å²) in [5.41, 5.74) is 0. The van der Waals surface area contributed by atoms with Gasteiger partial charge in [-0.15, -0.1) is 6.58 Å². The largest absolute Gasteiger partial charge is 0.472 e. The van der Waals surface area contributed by atoms with E-state index in [2.05, 4.69) is 68.2 Å². The maximum Gasteiger partial charge on any atom is 0.472 e. The van der Waals surface area contributed by atoms with Crippen molar-refractivity contribution in [1.29, 1.82) is 0 Å². The zero-order chi connectivity index (χ0) is 41.4. The second kappa shape index (κ2) is 38.0. The summed E-state index contributed by atoms with van der Waals surface area (Å²) in [5, 5.41) is 0.